The number of carbonyl (C=O) groups excluding carboxylic acids is 2. The minimum absolute atomic E-state index is 0.0152. The first-order valence-electron chi connectivity index (χ1n) is 8.80. The predicted molar refractivity (Wildman–Crippen MR) is 120 cm³/mol. The molecule has 0 spiro atoms. The van der Waals surface area contributed by atoms with Gasteiger partial charge in [0.25, 0.3) is 11.8 Å². The van der Waals surface area contributed by atoms with Crippen molar-refractivity contribution in [3.05, 3.63) is 105 Å². The molecule has 3 N–H and O–H groups in total. The highest BCUT2D eigenvalue weighted by atomic mass is 35.5. The number of rotatable bonds is 5. The van der Waals surface area contributed by atoms with Gasteiger partial charge in [0.15, 0.2) is 0 Å². The highest BCUT2D eigenvalue weighted by Gasteiger charge is 2.24. The van der Waals surface area contributed by atoms with Crippen molar-refractivity contribution in [2.45, 2.75) is 6.04 Å². The first kappa shape index (κ1) is 21.8. The summed E-state index contributed by atoms with van der Waals surface area (Å²) in [6.07, 6.45) is 0. The second-order valence-electron chi connectivity index (χ2n) is 6.29. The highest BCUT2D eigenvalue weighted by Crippen LogP contribution is 2.23. The molecule has 1 atom stereocenters. The summed E-state index contributed by atoms with van der Waals surface area (Å²) in [5, 5.41) is 3.78. The topological polar surface area (TPSA) is 84.5 Å². The SMILES string of the molecule is NC(=NC(=O)C(NC(=O)c1ccc(Cl)c(Cl)c1)c1ccccc1)c1ccc(Cl)cc1. The molecule has 0 aromatic heterocycles. The summed E-state index contributed by atoms with van der Waals surface area (Å²) >= 11 is 17.8. The second-order valence-corrected chi connectivity index (χ2v) is 7.54. The van der Waals surface area contributed by atoms with Crippen molar-refractivity contribution in [1.29, 1.82) is 0 Å². The van der Waals surface area contributed by atoms with Crippen molar-refractivity contribution >= 4 is 52.5 Å². The second kappa shape index (κ2) is 9.76. The Morgan fingerprint density at radius 3 is 2.10 bits per heavy atom. The molecule has 3 aromatic carbocycles. The average molecular weight is 461 g/mol. The van der Waals surface area contributed by atoms with Crippen LogP contribution in [-0.2, 0) is 4.79 Å². The van der Waals surface area contributed by atoms with Gasteiger partial charge in [0.1, 0.15) is 11.9 Å². The maximum absolute atomic E-state index is 12.9. The predicted octanol–water partition coefficient (Wildman–Crippen LogP) is 5.05. The molecular weight excluding hydrogens is 445 g/mol. The Morgan fingerprint density at radius 1 is 0.833 bits per heavy atom. The van der Waals surface area contributed by atoms with Gasteiger partial charge in [-0.3, -0.25) is 9.59 Å². The molecule has 30 heavy (non-hydrogen) atoms. The summed E-state index contributed by atoms with van der Waals surface area (Å²) in [5.74, 6) is -1.11. The maximum Gasteiger partial charge on any atom is 0.274 e. The van der Waals surface area contributed by atoms with Gasteiger partial charge < -0.3 is 11.1 Å². The van der Waals surface area contributed by atoms with Gasteiger partial charge in [-0.2, -0.15) is 4.99 Å². The van der Waals surface area contributed by atoms with Crippen molar-refractivity contribution in [2.75, 3.05) is 0 Å². The van der Waals surface area contributed by atoms with E-state index < -0.39 is 17.9 Å². The molecule has 0 bridgehead atoms. The van der Waals surface area contributed by atoms with Crippen LogP contribution in [-0.4, -0.2) is 17.6 Å². The number of nitrogens with one attached hydrogen (secondary N) is 1. The third kappa shape index (κ3) is 5.39. The van der Waals surface area contributed by atoms with Crippen LogP contribution in [0.3, 0.4) is 0 Å². The first-order chi connectivity index (χ1) is 14.3. The fourth-order valence-corrected chi connectivity index (χ4v) is 3.08. The lowest BCUT2D eigenvalue weighted by Gasteiger charge is -2.16. The van der Waals surface area contributed by atoms with Gasteiger partial charge in [-0.15, -0.1) is 0 Å². The first-order valence-corrected chi connectivity index (χ1v) is 9.93. The Bertz CT molecular complexity index is 1100. The van der Waals surface area contributed by atoms with E-state index in [1.807, 2.05) is 0 Å². The van der Waals surface area contributed by atoms with Gasteiger partial charge in [-0.25, -0.2) is 0 Å². The number of carbonyl (C=O) groups is 2. The van der Waals surface area contributed by atoms with E-state index >= 15 is 0 Å². The van der Waals surface area contributed by atoms with E-state index in [1.54, 1.807) is 54.6 Å². The molecule has 8 heteroatoms. The minimum atomic E-state index is -1.04. The molecule has 0 aliphatic rings. The van der Waals surface area contributed by atoms with Crippen LogP contribution in [0.2, 0.25) is 15.1 Å². The molecule has 0 saturated carbocycles. The number of amidine groups is 1. The number of nitrogens with zero attached hydrogens (tertiary/aromatic N) is 1. The van der Waals surface area contributed by atoms with Gasteiger partial charge in [0, 0.05) is 16.1 Å². The maximum atomic E-state index is 12.9. The highest BCUT2D eigenvalue weighted by molar-refractivity contribution is 6.42. The molecule has 3 aromatic rings. The summed E-state index contributed by atoms with van der Waals surface area (Å²) < 4.78 is 0. The Hall–Kier alpha value is -2.86. The monoisotopic (exact) mass is 459 g/mol. The number of hydrogen-bond acceptors (Lipinski definition) is 2. The summed E-state index contributed by atoms with van der Waals surface area (Å²) in [4.78, 5) is 29.6. The molecule has 2 amide bonds. The van der Waals surface area contributed by atoms with Crippen LogP contribution < -0.4 is 11.1 Å². The van der Waals surface area contributed by atoms with E-state index in [9.17, 15) is 9.59 Å². The molecule has 0 fully saturated rings. The van der Waals surface area contributed by atoms with Gasteiger partial charge in [-0.05, 0) is 48.0 Å². The molecule has 5 nitrogen and oxygen atoms in total. The van der Waals surface area contributed by atoms with Gasteiger partial charge >= 0.3 is 0 Å². The Morgan fingerprint density at radius 2 is 1.47 bits per heavy atom. The number of nitrogens with two attached hydrogens (primary N) is 1. The fourth-order valence-electron chi connectivity index (χ4n) is 2.65. The zero-order valence-corrected chi connectivity index (χ0v) is 17.7. The van der Waals surface area contributed by atoms with Crippen LogP contribution in [0.25, 0.3) is 0 Å². The number of amides is 2. The van der Waals surface area contributed by atoms with E-state index in [0.29, 0.717) is 21.2 Å². The van der Waals surface area contributed by atoms with E-state index in [4.69, 9.17) is 40.5 Å². The molecule has 0 radical (unpaired) electrons. The lowest BCUT2D eigenvalue weighted by molar-refractivity contribution is -0.119. The molecule has 0 saturated heterocycles. The molecular formula is C22H16Cl3N3O2. The van der Waals surface area contributed by atoms with Gasteiger partial charge in [-0.1, -0.05) is 65.1 Å². The molecule has 0 aliphatic carbocycles. The van der Waals surface area contributed by atoms with Crippen molar-refractivity contribution in [3.8, 4) is 0 Å². The smallest absolute Gasteiger partial charge is 0.274 e. The largest absolute Gasteiger partial charge is 0.383 e. The van der Waals surface area contributed by atoms with Crippen molar-refractivity contribution < 1.29 is 9.59 Å². The molecule has 0 aliphatic heterocycles. The van der Waals surface area contributed by atoms with E-state index in [-0.39, 0.29) is 16.4 Å². The van der Waals surface area contributed by atoms with Crippen LogP contribution in [0.4, 0.5) is 0 Å². The Labute approximate surface area is 188 Å². The number of aliphatic imine (C=N–C) groups is 1. The number of benzene rings is 3. The summed E-state index contributed by atoms with van der Waals surface area (Å²) in [7, 11) is 0. The number of halogens is 3. The zero-order chi connectivity index (χ0) is 21.7. The van der Waals surface area contributed by atoms with Crippen LogP contribution in [0, 0.1) is 0 Å². The van der Waals surface area contributed by atoms with Crippen molar-refractivity contribution in [3.63, 3.8) is 0 Å². The Kier molecular flexibility index (Phi) is 7.11. The molecule has 0 heterocycles. The Balaban J connectivity index is 1.89. The van der Waals surface area contributed by atoms with E-state index in [1.165, 1.54) is 18.2 Å². The standard InChI is InChI=1S/C22H16Cl3N3O2/c23-16-9-6-14(7-10-16)20(26)28-22(30)19(13-4-2-1-3-5-13)27-21(29)15-8-11-17(24)18(25)12-15/h1-12,19H,(H,27,29)(H2,26,28,30). The lowest BCUT2D eigenvalue weighted by Crippen LogP contribution is -2.34. The lowest BCUT2D eigenvalue weighted by atomic mass is 10.1. The summed E-state index contributed by atoms with van der Waals surface area (Å²) in [5.41, 5.74) is 7.34. The third-order valence-corrected chi connectivity index (χ3v) is 5.20. The van der Waals surface area contributed by atoms with Crippen LogP contribution >= 0.6 is 34.8 Å². The van der Waals surface area contributed by atoms with Crippen LogP contribution in [0.1, 0.15) is 27.5 Å². The molecule has 1 unspecified atom stereocenters. The van der Waals surface area contributed by atoms with Crippen LogP contribution in [0.15, 0.2) is 77.8 Å². The average Bonchev–Trinajstić information content (AvgIpc) is 2.74. The summed E-state index contributed by atoms with van der Waals surface area (Å²) in [6, 6.07) is 18.7. The molecule has 3 rings (SSSR count). The minimum Gasteiger partial charge on any atom is -0.383 e. The third-order valence-electron chi connectivity index (χ3n) is 4.21. The van der Waals surface area contributed by atoms with E-state index in [2.05, 4.69) is 10.3 Å². The van der Waals surface area contributed by atoms with Gasteiger partial charge in [0.2, 0.25) is 0 Å². The normalized spacial score (nSPS) is 12.3. The van der Waals surface area contributed by atoms with Crippen molar-refractivity contribution in [2.24, 2.45) is 10.7 Å². The summed E-state index contributed by atoms with van der Waals surface area (Å²) in [6.45, 7) is 0. The van der Waals surface area contributed by atoms with Crippen LogP contribution in [0.5, 0.6) is 0 Å². The quantitative estimate of drug-likeness (QED) is 0.413. The van der Waals surface area contributed by atoms with Gasteiger partial charge in [0.05, 0.1) is 10.0 Å². The van der Waals surface area contributed by atoms with E-state index in [0.717, 1.165) is 0 Å². The van der Waals surface area contributed by atoms with Crippen molar-refractivity contribution in [1.82, 2.24) is 5.32 Å². The number of hydrogen-bond donors (Lipinski definition) is 2. The zero-order valence-electron chi connectivity index (χ0n) is 15.5. The molecule has 152 valence electrons. The fraction of sp³-hybridized carbons (Fsp3) is 0.0455.